The number of hydrogen-bond donors (Lipinski definition) is 2. The molecular weight excluding hydrogens is 346 g/mol. The summed E-state index contributed by atoms with van der Waals surface area (Å²) in [6, 6.07) is 16.2. The average Bonchev–Trinajstić information content (AvgIpc) is 2.68. The van der Waals surface area contributed by atoms with Crippen LogP contribution in [-0.4, -0.2) is 23.0 Å². The van der Waals surface area contributed by atoms with Crippen LogP contribution >= 0.6 is 0 Å². The van der Waals surface area contributed by atoms with E-state index in [2.05, 4.69) is 10.3 Å². The van der Waals surface area contributed by atoms with Crippen molar-refractivity contribution in [3.63, 3.8) is 0 Å². The molecule has 2 aromatic carbocycles. The molecule has 3 aromatic rings. The van der Waals surface area contributed by atoms with E-state index in [9.17, 15) is 14.4 Å². The van der Waals surface area contributed by atoms with Gasteiger partial charge in [-0.25, -0.2) is 4.79 Å². The number of rotatable bonds is 4. The number of nitriles is 1. The van der Waals surface area contributed by atoms with E-state index in [0.717, 1.165) is 6.07 Å². The van der Waals surface area contributed by atoms with Crippen molar-refractivity contribution in [2.24, 2.45) is 0 Å². The number of anilines is 1. The van der Waals surface area contributed by atoms with Gasteiger partial charge in [0.2, 0.25) is 0 Å². The van der Waals surface area contributed by atoms with Gasteiger partial charge in [-0.05, 0) is 43.3 Å². The van der Waals surface area contributed by atoms with Crippen molar-refractivity contribution in [3.8, 4) is 6.07 Å². The summed E-state index contributed by atoms with van der Waals surface area (Å²) in [5.74, 6) is -1.34. The molecule has 1 amide bonds. The van der Waals surface area contributed by atoms with E-state index >= 15 is 0 Å². The van der Waals surface area contributed by atoms with Crippen LogP contribution in [0.15, 0.2) is 59.4 Å². The second-order valence-electron chi connectivity index (χ2n) is 5.82. The molecule has 27 heavy (non-hydrogen) atoms. The van der Waals surface area contributed by atoms with Crippen LogP contribution in [0.4, 0.5) is 5.69 Å². The molecule has 0 aliphatic carbocycles. The lowest BCUT2D eigenvalue weighted by atomic mass is 10.2. The quantitative estimate of drug-likeness (QED) is 0.694. The fraction of sp³-hybridized carbons (Fsp3) is 0.100. The predicted molar refractivity (Wildman–Crippen MR) is 99.2 cm³/mol. The number of pyridine rings is 1. The van der Waals surface area contributed by atoms with Crippen molar-refractivity contribution in [1.29, 1.82) is 5.26 Å². The number of nitrogens with one attached hydrogen (secondary N) is 2. The molecule has 134 valence electrons. The lowest BCUT2D eigenvalue weighted by Gasteiger charge is -2.13. The number of carbonyl (C=O) groups is 2. The van der Waals surface area contributed by atoms with Crippen LogP contribution in [-0.2, 0) is 9.53 Å². The minimum Gasteiger partial charge on any atom is -0.448 e. The molecule has 1 atom stereocenters. The second kappa shape index (κ2) is 7.54. The number of carbonyl (C=O) groups excluding carboxylic acids is 2. The highest BCUT2D eigenvalue weighted by Gasteiger charge is 2.20. The first-order valence-electron chi connectivity index (χ1n) is 8.12. The van der Waals surface area contributed by atoms with Gasteiger partial charge in [-0.15, -0.1) is 0 Å². The van der Waals surface area contributed by atoms with Gasteiger partial charge in [-0.3, -0.25) is 9.59 Å². The van der Waals surface area contributed by atoms with Gasteiger partial charge in [-0.1, -0.05) is 12.1 Å². The van der Waals surface area contributed by atoms with E-state index in [1.54, 1.807) is 48.5 Å². The monoisotopic (exact) mass is 361 g/mol. The van der Waals surface area contributed by atoms with E-state index in [0.29, 0.717) is 22.2 Å². The summed E-state index contributed by atoms with van der Waals surface area (Å²) >= 11 is 0. The van der Waals surface area contributed by atoms with Crippen LogP contribution in [0.2, 0.25) is 0 Å². The number of H-pyrrole nitrogens is 1. The maximum Gasteiger partial charge on any atom is 0.355 e. The van der Waals surface area contributed by atoms with Crippen molar-refractivity contribution >= 4 is 28.5 Å². The SMILES string of the molecule is C[C@H](OC(=O)c1cc(=O)c2ccccc2[nH]1)C(=O)Nc1ccc(C#N)cc1. The molecule has 1 aromatic heterocycles. The molecule has 0 saturated heterocycles. The minimum absolute atomic E-state index is 0.0308. The Labute approximate surface area is 154 Å². The number of ether oxygens (including phenoxy) is 1. The number of amides is 1. The summed E-state index contributed by atoms with van der Waals surface area (Å²) in [5.41, 5.74) is 1.10. The van der Waals surface area contributed by atoms with Gasteiger partial charge in [0.15, 0.2) is 11.5 Å². The number of benzene rings is 2. The molecule has 7 nitrogen and oxygen atoms in total. The number of aromatic nitrogens is 1. The van der Waals surface area contributed by atoms with Gasteiger partial charge >= 0.3 is 5.97 Å². The van der Waals surface area contributed by atoms with Crippen molar-refractivity contribution in [2.45, 2.75) is 13.0 Å². The highest BCUT2D eigenvalue weighted by molar-refractivity contribution is 5.97. The third kappa shape index (κ3) is 4.02. The fourth-order valence-corrected chi connectivity index (χ4v) is 2.46. The van der Waals surface area contributed by atoms with Gasteiger partial charge < -0.3 is 15.0 Å². The molecular formula is C20H15N3O4. The molecule has 3 rings (SSSR count). The Morgan fingerprint density at radius 1 is 1.15 bits per heavy atom. The van der Waals surface area contributed by atoms with Gasteiger partial charge in [0.1, 0.15) is 5.69 Å². The summed E-state index contributed by atoms with van der Waals surface area (Å²) in [6.45, 7) is 1.43. The maximum absolute atomic E-state index is 12.3. The van der Waals surface area contributed by atoms with Crippen molar-refractivity contribution < 1.29 is 14.3 Å². The molecule has 0 saturated carbocycles. The Morgan fingerprint density at radius 2 is 1.85 bits per heavy atom. The zero-order valence-corrected chi connectivity index (χ0v) is 14.4. The van der Waals surface area contributed by atoms with Crippen LogP contribution < -0.4 is 10.7 Å². The zero-order valence-electron chi connectivity index (χ0n) is 14.4. The van der Waals surface area contributed by atoms with Crippen LogP contribution in [0, 0.1) is 11.3 Å². The Bertz CT molecular complexity index is 1110. The highest BCUT2D eigenvalue weighted by Crippen LogP contribution is 2.11. The summed E-state index contributed by atoms with van der Waals surface area (Å²) in [6.07, 6.45) is -1.08. The third-order valence-corrected chi connectivity index (χ3v) is 3.89. The van der Waals surface area contributed by atoms with E-state index in [1.807, 2.05) is 6.07 Å². The lowest BCUT2D eigenvalue weighted by Crippen LogP contribution is -2.30. The van der Waals surface area contributed by atoms with Crippen molar-refractivity contribution in [3.05, 3.63) is 76.1 Å². The Morgan fingerprint density at radius 3 is 2.56 bits per heavy atom. The molecule has 0 radical (unpaired) electrons. The van der Waals surface area contributed by atoms with Gasteiger partial charge in [0, 0.05) is 22.7 Å². The van der Waals surface area contributed by atoms with Crippen LogP contribution in [0.3, 0.4) is 0 Å². The molecule has 0 spiro atoms. The third-order valence-electron chi connectivity index (χ3n) is 3.89. The van der Waals surface area contributed by atoms with E-state index in [4.69, 9.17) is 10.00 Å². The minimum atomic E-state index is -1.08. The van der Waals surface area contributed by atoms with Crippen molar-refractivity contribution in [2.75, 3.05) is 5.32 Å². The summed E-state index contributed by atoms with van der Waals surface area (Å²) in [4.78, 5) is 39.4. The van der Waals surface area contributed by atoms with Crippen LogP contribution in [0.1, 0.15) is 23.0 Å². The van der Waals surface area contributed by atoms with Gasteiger partial charge in [0.25, 0.3) is 5.91 Å². The summed E-state index contributed by atoms with van der Waals surface area (Å²) < 4.78 is 5.15. The van der Waals surface area contributed by atoms with Gasteiger partial charge in [-0.2, -0.15) is 5.26 Å². The largest absolute Gasteiger partial charge is 0.448 e. The van der Waals surface area contributed by atoms with Crippen LogP contribution in [0.5, 0.6) is 0 Å². The molecule has 2 N–H and O–H groups in total. The fourth-order valence-electron chi connectivity index (χ4n) is 2.46. The number of fused-ring (bicyclic) bond motifs is 1. The first kappa shape index (κ1) is 17.9. The van der Waals surface area contributed by atoms with E-state index in [1.165, 1.54) is 6.92 Å². The summed E-state index contributed by atoms with van der Waals surface area (Å²) in [7, 11) is 0. The maximum atomic E-state index is 12.3. The zero-order chi connectivity index (χ0) is 19.4. The molecule has 0 aliphatic heterocycles. The number of esters is 1. The topological polar surface area (TPSA) is 112 Å². The number of hydrogen-bond acceptors (Lipinski definition) is 5. The van der Waals surface area contributed by atoms with E-state index < -0.39 is 18.0 Å². The Balaban J connectivity index is 1.70. The Hall–Kier alpha value is -3.92. The molecule has 0 fully saturated rings. The standard InChI is InChI=1S/C20H15N3O4/c1-12(19(25)22-14-8-6-13(11-21)7-9-14)27-20(26)17-10-18(24)15-4-2-3-5-16(15)23-17/h2-10,12H,1H3,(H,22,25)(H,23,24)/t12-/m0/s1. The number of para-hydroxylation sites is 1. The Kier molecular flexibility index (Phi) is 4.99. The first-order chi connectivity index (χ1) is 13.0. The average molecular weight is 361 g/mol. The van der Waals surface area contributed by atoms with E-state index in [-0.39, 0.29) is 11.1 Å². The smallest absolute Gasteiger partial charge is 0.355 e. The number of nitrogens with zero attached hydrogens (tertiary/aromatic N) is 1. The molecule has 0 unspecified atom stereocenters. The highest BCUT2D eigenvalue weighted by atomic mass is 16.5. The lowest BCUT2D eigenvalue weighted by molar-refractivity contribution is -0.123. The predicted octanol–water partition coefficient (Wildman–Crippen LogP) is 2.58. The first-order valence-corrected chi connectivity index (χ1v) is 8.12. The molecule has 0 aliphatic rings. The van der Waals surface area contributed by atoms with Crippen molar-refractivity contribution in [1.82, 2.24) is 4.98 Å². The molecule has 7 heteroatoms. The summed E-state index contributed by atoms with van der Waals surface area (Å²) in [5, 5.41) is 11.8. The molecule has 1 heterocycles. The normalized spacial score (nSPS) is 11.4. The number of aromatic amines is 1. The second-order valence-corrected chi connectivity index (χ2v) is 5.82. The van der Waals surface area contributed by atoms with Gasteiger partial charge in [0.05, 0.1) is 11.6 Å². The molecule has 0 bridgehead atoms. The van der Waals surface area contributed by atoms with Crippen LogP contribution in [0.25, 0.3) is 10.9 Å².